The maximum absolute atomic E-state index is 4.81. The van der Waals surface area contributed by atoms with Gasteiger partial charge in [-0.2, -0.15) is 0 Å². The van der Waals surface area contributed by atoms with Crippen LogP contribution < -0.4 is 0 Å². The molecular weight excluding hydrogens is 412 g/mol. The van der Waals surface area contributed by atoms with Crippen LogP contribution >= 0.6 is 0 Å². The summed E-state index contributed by atoms with van der Waals surface area (Å²) in [7, 11) is 0. The van der Waals surface area contributed by atoms with Crippen molar-refractivity contribution in [3.8, 4) is 28.2 Å². The molecule has 3 aromatic carbocycles. The molecule has 0 saturated heterocycles. The Hall–Kier alpha value is -3.13. The molecule has 4 aromatic rings. The van der Waals surface area contributed by atoms with Crippen LogP contribution in [0.5, 0.6) is 0 Å². The minimum atomic E-state index is 0.445. The molecule has 0 bridgehead atoms. The SMILES string of the molecule is CC(C)C.CC(C)c1cccc(C(C)C)c1-n1ccnc1-c1ccc2c(c1)-c1ccccc1C2. The van der Waals surface area contributed by atoms with Gasteiger partial charge in [0.15, 0.2) is 0 Å². The van der Waals surface area contributed by atoms with Crippen LogP contribution in [0.25, 0.3) is 28.2 Å². The van der Waals surface area contributed by atoms with Gasteiger partial charge in [-0.25, -0.2) is 4.98 Å². The van der Waals surface area contributed by atoms with Crippen molar-refractivity contribution in [2.75, 3.05) is 0 Å². The number of rotatable bonds is 4. The molecule has 1 aromatic heterocycles. The van der Waals surface area contributed by atoms with Gasteiger partial charge in [0.2, 0.25) is 0 Å². The van der Waals surface area contributed by atoms with E-state index in [0.29, 0.717) is 11.8 Å². The maximum atomic E-state index is 4.81. The van der Waals surface area contributed by atoms with Crippen LogP contribution in [0.2, 0.25) is 0 Å². The van der Waals surface area contributed by atoms with Crippen molar-refractivity contribution < 1.29 is 0 Å². The third kappa shape index (κ3) is 4.73. The summed E-state index contributed by atoms with van der Waals surface area (Å²) in [6.45, 7) is 15.6. The zero-order valence-electron chi connectivity index (χ0n) is 21.8. The van der Waals surface area contributed by atoms with Crippen LogP contribution in [0.3, 0.4) is 0 Å². The van der Waals surface area contributed by atoms with Gasteiger partial charge in [0.05, 0.1) is 5.69 Å². The highest BCUT2D eigenvalue weighted by molar-refractivity contribution is 5.80. The second-order valence-corrected chi connectivity index (χ2v) is 10.7. The third-order valence-corrected chi connectivity index (χ3v) is 6.28. The average molecular weight is 451 g/mol. The van der Waals surface area contributed by atoms with E-state index in [2.05, 4.69) is 120 Å². The summed E-state index contributed by atoms with van der Waals surface area (Å²) < 4.78 is 2.30. The molecule has 0 radical (unpaired) electrons. The van der Waals surface area contributed by atoms with Crippen LogP contribution in [-0.2, 0) is 6.42 Å². The first-order valence-electron chi connectivity index (χ1n) is 12.7. The number of aromatic nitrogens is 2. The van der Waals surface area contributed by atoms with Gasteiger partial charge in [-0.15, -0.1) is 0 Å². The summed E-state index contributed by atoms with van der Waals surface area (Å²) in [6, 6.07) is 22.3. The molecular formula is C32H38N2. The van der Waals surface area contributed by atoms with E-state index in [-0.39, 0.29) is 0 Å². The van der Waals surface area contributed by atoms with Gasteiger partial charge in [-0.1, -0.05) is 103 Å². The molecule has 0 fully saturated rings. The largest absolute Gasteiger partial charge is 0.299 e. The zero-order valence-corrected chi connectivity index (χ0v) is 21.8. The number of nitrogens with zero attached hydrogens (tertiary/aromatic N) is 2. The first kappa shape index (κ1) is 24.0. The van der Waals surface area contributed by atoms with Crippen molar-refractivity contribution in [3.05, 3.63) is 95.3 Å². The topological polar surface area (TPSA) is 17.8 Å². The number of fused-ring (bicyclic) bond motifs is 3. The number of para-hydroxylation sites is 1. The minimum Gasteiger partial charge on any atom is -0.299 e. The highest BCUT2D eigenvalue weighted by atomic mass is 15.1. The molecule has 0 amide bonds. The lowest BCUT2D eigenvalue weighted by Crippen LogP contribution is -2.07. The highest BCUT2D eigenvalue weighted by Gasteiger charge is 2.21. The zero-order chi connectivity index (χ0) is 24.4. The molecule has 176 valence electrons. The number of benzene rings is 3. The fourth-order valence-corrected chi connectivity index (χ4v) is 4.75. The second-order valence-electron chi connectivity index (χ2n) is 10.7. The van der Waals surface area contributed by atoms with Crippen LogP contribution in [0, 0.1) is 5.92 Å². The molecule has 2 nitrogen and oxygen atoms in total. The van der Waals surface area contributed by atoms with Gasteiger partial charge in [-0.05, 0) is 63.6 Å². The summed E-state index contributed by atoms with van der Waals surface area (Å²) in [5, 5.41) is 0. The summed E-state index contributed by atoms with van der Waals surface area (Å²) in [5.41, 5.74) is 10.7. The Morgan fingerprint density at radius 1 is 0.706 bits per heavy atom. The van der Waals surface area contributed by atoms with Crippen LogP contribution in [0.15, 0.2) is 73.1 Å². The third-order valence-electron chi connectivity index (χ3n) is 6.28. The molecule has 5 rings (SSSR count). The second kappa shape index (κ2) is 10.0. The minimum absolute atomic E-state index is 0.445. The van der Waals surface area contributed by atoms with Gasteiger partial charge in [-0.3, -0.25) is 4.57 Å². The molecule has 0 aliphatic heterocycles. The first-order chi connectivity index (χ1) is 16.3. The van der Waals surface area contributed by atoms with E-state index in [4.69, 9.17) is 4.98 Å². The van der Waals surface area contributed by atoms with E-state index in [1.54, 1.807) is 0 Å². The van der Waals surface area contributed by atoms with Crippen molar-refractivity contribution in [1.29, 1.82) is 0 Å². The molecule has 1 heterocycles. The van der Waals surface area contributed by atoms with Crippen molar-refractivity contribution in [3.63, 3.8) is 0 Å². The van der Waals surface area contributed by atoms with Gasteiger partial charge in [0.1, 0.15) is 5.82 Å². The van der Waals surface area contributed by atoms with E-state index in [1.165, 1.54) is 44.6 Å². The predicted molar refractivity (Wildman–Crippen MR) is 146 cm³/mol. The van der Waals surface area contributed by atoms with E-state index in [9.17, 15) is 0 Å². The summed E-state index contributed by atoms with van der Waals surface area (Å²) >= 11 is 0. The molecule has 0 atom stereocenters. The lowest BCUT2D eigenvalue weighted by Gasteiger charge is -2.22. The lowest BCUT2D eigenvalue weighted by atomic mass is 9.92. The molecule has 0 spiro atoms. The Labute approximate surface area is 205 Å². The van der Waals surface area contributed by atoms with Crippen molar-refractivity contribution in [1.82, 2.24) is 9.55 Å². The molecule has 0 saturated carbocycles. The molecule has 1 aliphatic carbocycles. The molecule has 34 heavy (non-hydrogen) atoms. The molecule has 1 aliphatic rings. The number of hydrogen-bond acceptors (Lipinski definition) is 1. The monoisotopic (exact) mass is 450 g/mol. The van der Waals surface area contributed by atoms with Crippen LogP contribution in [-0.4, -0.2) is 9.55 Å². The standard InChI is InChI=1S/C28H28N2.C4H10/c1-18(2)23-10-7-11-24(19(3)4)27(23)30-15-14-29-28(30)22-13-12-21-16-20-8-5-6-9-25(20)26(21)17-22;1-4(2)3/h5-15,17-19H,16H2,1-4H3;4H,1-3H3. The Bertz CT molecular complexity index is 1240. The van der Waals surface area contributed by atoms with E-state index in [0.717, 1.165) is 18.2 Å². The quantitative estimate of drug-likeness (QED) is 0.267. The van der Waals surface area contributed by atoms with Crippen molar-refractivity contribution >= 4 is 0 Å². The molecule has 0 unspecified atom stereocenters. The fraction of sp³-hybridized carbons (Fsp3) is 0.344. The number of hydrogen-bond donors (Lipinski definition) is 0. The Kier molecular flexibility index (Phi) is 7.07. The van der Waals surface area contributed by atoms with Crippen LogP contribution in [0.1, 0.15) is 82.6 Å². The van der Waals surface area contributed by atoms with Gasteiger partial charge in [0.25, 0.3) is 0 Å². The Morgan fingerprint density at radius 2 is 1.32 bits per heavy atom. The normalized spacial score (nSPS) is 12.1. The highest BCUT2D eigenvalue weighted by Crippen LogP contribution is 2.39. The average Bonchev–Trinajstić information content (AvgIpc) is 3.42. The maximum Gasteiger partial charge on any atom is 0.144 e. The van der Waals surface area contributed by atoms with Gasteiger partial charge >= 0.3 is 0 Å². The van der Waals surface area contributed by atoms with E-state index >= 15 is 0 Å². The predicted octanol–water partition coefficient (Wildman–Crippen LogP) is 9.02. The summed E-state index contributed by atoms with van der Waals surface area (Å²) in [4.78, 5) is 4.81. The van der Waals surface area contributed by atoms with E-state index < -0.39 is 0 Å². The lowest BCUT2D eigenvalue weighted by molar-refractivity contribution is 0.737. The van der Waals surface area contributed by atoms with E-state index in [1.807, 2.05) is 6.20 Å². The van der Waals surface area contributed by atoms with Crippen molar-refractivity contribution in [2.45, 2.75) is 66.7 Å². The van der Waals surface area contributed by atoms with Crippen LogP contribution in [0.4, 0.5) is 0 Å². The van der Waals surface area contributed by atoms with Crippen molar-refractivity contribution in [2.24, 2.45) is 5.92 Å². The molecule has 0 N–H and O–H groups in total. The fourth-order valence-electron chi connectivity index (χ4n) is 4.75. The van der Waals surface area contributed by atoms with Gasteiger partial charge in [0, 0.05) is 18.0 Å². The van der Waals surface area contributed by atoms with Gasteiger partial charge < -0.3 is 0 Å². The first-order valence-corrected chi connectivity index (χ1v) is 12.7. The molecule has 2 heteroatoms. The Morgan fingerprint density at radius 3 is 1.97 bits per heavy atom. The smallest absolute Gasteiger partial charge is 0.144 e. The Balaban J connectivity index is 0.000000636. The number of imidazole rings is 1. The summed E-state index contributed by atoms with van der Waals surface area (Å²) in [5.74, 6) is 2.74. The summed E-state index contributed by atoms with van der Waals surface area (Å²) in [6.07, 6.45) is 5.06.